The average Bonchev–Trinajstić information content (AvgIpc) is 3.22. The summed E-state index contributed by atoms with van der Waals surface area (Å²) in [5.74, 6) is 1.08. The summed E-state index contributed by atoms with van der Waals surface area (Å²) < 4.78 is 5.71. The first-order chi connectivity index (χ1) is 8.59. The molecule has 18 heavy (non-hydrogen) atoms. The van der Waals surface area contributed by atoms with E-state index in [1.54, 1.807) is 6.92 Å². The summed E-state index contributed by atoms with van der Waals surface area (Å²) in [4.78, 5) is 0. The number of hydrogen-bond acceptors (Lipinski definition) is 3. The predicted octanol–water partition coefficient (Wildman–Crippen LogP) is 2.29. The molecule has 2 unspecified atom stereocenters. The van der Waals surface area contributed by atoms with Gasteiger partial charge in [0, 0.05) is 6.42 Å². The van der Waals surface area contributed by atoms with Crippen molar-refractivity contribution in [2.75, 3.05) is 6.61 Å². The molecule has 3 nitrogen and oxygen atoms in total. The Hall–Kier alpha value is -1.53. The van der Waals surface area contributed by atoms with Gasteiger partial charge in [-0.25, -0.2) is 0 Å². The third-order valence-corrected chi connectivity index (χ3v) is 4.49. The summed E-state index contributed by atoms with van der Waals surface area (Å²) in [6.07, 6.45) is 2.60. The zero-order valence-electron chi connectivity index (χ0n) is 10.5. The summed E-state index contributed by atoms with van der Waals surface area (Å²) in [7, 11) is 0. The van der Waals surface area contributed by atoms with Gasteiger partial charge in [-0.15, -0.1) is 0 Å². The minimum Gasteiger partial charge on any atom is -0.492 e. The quantitative estimate of drug-likeness (QED) is 0.867. The molecule has 0 bridgehead atoms. The van der Waals surface area contributed by atoms with Crippen LogP contribution in [-0.4, -0.2) is 17.3 Å². The Morgan fingerprint density at radius 2 is 2.17 bits per heavy atom. The van der Waals surface area contributed by atoms with E-state index in [1.165, 1.54) is 0 Å². The van der Waals surface area contributed by atoms with Crippen molar-refractivity contribution in [3.05, 3.63) is 29.8 Å². The second kappa shape index (κ2) is 3.73. The largest absolute Gasteiger partial charge is 0.492 e. The van der Waals surface area contributed by atoms with Crippen molar-refractivity contribution >= 4 is 0 Å². The molecule has 2 atom stereocenters. The maximum atomic E-state index is 10.8. The van der Waals surface area contributed by atoms with Crippen molar-refractivity contribution in [3.8, 4) is 11.8 Å². The van der Waals surface area contributed by atoms with Gasteiger partial charge in [0.15, 0.2) is 0 Å². The Balaban J connectivity index is 1.99. The predicted molar refractivity (Wildman–Crippen MR) is 67.0 cm³/mol. The van der Waals surface area contributed by atoms with Crippen molar-refractivity contribution in [1.29, 1.82) is 5.26 Å². The molecule has 1 N–H and O–H groups in total. The molecule has 1 fully saturated rings. The van der Waals surface area contributed by atoms with E-state index in [2.05, 4.69) is 6.07 Å². The van der Waals surface area contributed by atoms with E-state index in [-0.39, 0.29) is 12.5 Å². The van der Waals surface area contributed by atoms with Crippen LogP contribution in [0.25, 0.3) is 0 Å². The van der Waals surface area contributed by atoms with Crippen LogP contribution in [0.5, 0.6) is 5.75 Å². The van der Waals surface area contributed by atoms with Crippen LogP contribution in [0.3, 0.4) is 0 Å². The molecule has 1 aromatic rings. The Morgan fingerprint density at radius 3 is 2.83 bits per heavy atom. The summed E-state index contributed by atoms with van der Waals surface area (Å²) >= 11 is 0. The molecule has 1 aliphatic heterocycles. The van der Waals surface area contributed by atoms with Crippen molar-refractivity contribution in [2.24, 2.45) is 11.3 Å². The van der Waals surface area contributed by atoms with Crippen LogP contribution in [0, 0.1) is 22.7 Å². The van der Waals surface area contributed by atoms with Crippen LogP contribution >= 0.6 is 0 Å². The summed E-state index contributed by atoms with van der Waals surface area (Å²) in [5.41, 5.74) is -0.760. The van der Waals surface area contributed by atoms with Gasteiger partial charge in [0.2, 0.25) is 0 Å². The molecule has 94 valence electrons. The molecule has 0 saturated heterocycles. The van der Waals surface area contributed by atoms with Gasteiger partial charge < -0.3 is 9.84 Å². The molecule has 1 aliphatic carbocycles. The molecule has 0 aromatic heterocycles. The molecule has 1 aromatic carbocycles. The maximum absolute atomic E-state index is 10.8. The van der Waals surface area contributed by atoms with E-state index in [0.29, 0.717) is 6.42 Å². The van der Waals surface area contributed by atoms with E-state index in [0.717, 1.165) is 24.2 Å². The lowest BCUT2D eigenvalue weighted by Gasteiger charge is -2.43. The summed E-state index contributed by atoms with van der Waals surface area (Å²) in [5, 5.41) is 20.3. The topological polar surface area (TPSA) is 53.2 Å². The minimum atomic E-state index is -0.963. The van der Waals surface area contributed by atoms with Gasteiger partial charge in [-0.2, -0.15) is 5.26 Å². The average molecular weight is 243 g/mol. The zero-order valence-corrected chi connectivity index (χ0v) is 10.5. The zero-order chi connectivity index (χ0) is 12.8. The van der Waals surface area contributed by atoms with E-state index in [4.69, 9.17) is 4.74 Å². The number of hydrogen-bond donors (Lipinski definition) is 1. The molecule has 1 heterocycles. The van der Waals surface area contributed by atoms with Crippen molar-refractivity contribution in [2.45, 2.75) is 31.8 Å². The van der Waals surface area contributed by atoms with E-state index < -0.39 is 11.0 Å². The lowest BCUT2D eigenvalue weighted by Crippen LogP contribution is -2.53. The standard InChI is InChI=1S/C15H17NO2/c1-14(17,12-6-7-12)15(9-16)8-11-4-2-3-5-13(11)18-10-15/h2-5,12,17H,6-8,10H2,1H3. The smallest absolute Gasteiger partial charge is 0.124 e. The molecule has 0 spiro atoms. The molecule has 1 saturated carbocycles. The number of benzene rings is 1. The third-order valence-electron chi connectivity index (χ3n) is 4.49. The van der Waals surface area contributed by atoms with Crippen LogP contribution in [-0.2, 0) is 6.42 Å². The molecule has 3 rings (SSSR count). The molecule has 0 amide bonds. The van der Waals surface area contributed by atoms with Gasteiger partial charge in [0.1, 0.15) is 17.8 Å². The van der Waals surface area contributed by atoms with Crippen molar-refractivity contribution in [1.82, 2.24) is 0 Å². The molecular formula is C15H17NO2. The van der Waals surface area contributed by atoms with Crippen LogP contribution < -0.4 is 4.74 Å². The highest BCUT2D eigenvalue weighted by Crippen LogP contribution is 2.52. The van der Waals surface area contributed by atoms with Crippen LogP contribution in [0.1, 0.15) is 25.3 Å². The number of ether oxygens (including phenoxy) is 1. The molecule has 2 aliphatic rings. The highest BCUT2D eigenvalue weighted by atomic mass is 16.5. The van der Waals surface area contributed by atoms with E-state index in [1.807, 2.05) is 24.3 Å². The minimum absolute atomic E-state index is 0.242. The van der Waals surface area contributed by atoms with Crippen molar-refractivity contribution < 1.29 is 9.84 Å². The van der Waals surface area contributed by atoms with Gasteiger partial charge in [-0.1, -0.05) is 18.2 Å². The lowest BCUT2D eigenvalue weighted by molar-refractivity contribution is -0.0826. The fourth-order valence-corrected chi connectivity index (χ4v) is 2.91. The van der Waals surface area contributed by atoms with Gasteiger partial charge >= 0.3 is 0 Å². The fraction of sp³-hybridized carbons (Fsp3) is 0.533. The molecule has 3 heteroatoms. The first kappa shape index (κ1) is 11.6. The Kier molecular flexibility index (Phi) is 2.39. The Labute approximate surface area is 107 Å². The lowest BCUT2D eigenvalue weighted by atomic mass is 9.67. The Morgan fingerprint density at radius 1 is 1.44 bits per heavy atom. The summed E-state index contributed by atoms with van der Waals surface area (Å²) in [6, 6.07) is 10.1. The number of rotatable bonds is 2. The normalized spacial score (nSPS) is 29.6. The van der Waals surface area contributed by atoms with Crippen LogP contribution in [0.2, 0.25) is 0 Å². The van der Waals surface area contributed by atoms with Crippen molar-refractivity contribution in [3.63, 3.8) is 0 Å². The fourth-order valence-electron chi connectivity index (χ4n) is 2.91. The highest BCUT2D eigenvalue weighted by molar-refractivity contribution is 5.39. The summed E-state index contributed by atoms with van der Waals surface area (Å²) in [6.45, 7) is 2.08. The maximum Gasteiger partial charge on any atom is 0.124 e. The molecule has 0 radical (unpaired) electrons. The van der Waals surface area contributed by atoms with Gasteiger partial charge in [0.25, 0.3) is 0 Å². The van der Waals surface area contributed by atoms with Gasteiger partial charge in [-0.05, 0) is 37.3 Å². The first-order valence-electron chi connectivity index (χ1n) is 6.43. The monoisotopic (exact) mass is 243 g/mol. The third kappa shape index (κ3) is 1.53. The first-order valence-corrected chi connectivity index (χ1v) is 6.43. The SMILES string of the molecule is CC(O)(C1CC1)C1(C#N)COc2ccccc2C1. The van der Waals surface area contributed by atoms with E-state index >= 15 is 0 Å². The number of nitrogens with zero attached hydrogens (tertiary/aromatic N) is 1. The van der Waals surface area contributed by atoms with E-state index in [9.17, 15) is 10.4 Å². The number of fused-ring (bicyclic) bond motifs is 1. The van der Waals surface area contributed by atoms with Crippen LogP contribution in [0.15, 0.2) is 24.3 Å². The van der Waals surface area contributed by atoms with Gasteiger partial charge in [0.05, 0.1) is 11.7 Å². The second-order valence-corrected chi connectivity index (χ2v) is 5.69. The highest BCUT2D eigenvalue weighted by Gasteiger charge is 2.57. The molecular weight excluding hydrogens is 226 g/mol. The number of para-hydroxylation sites is 1. The number of nitriles is 1. The second-order valence-electron chi connectivity index (χ2n) is 5.69. The van der Waals surface area contributed by atoms with Gasteiger partial charge in [-0.3, -0.25) is 0 Å². The van der Waals surface area contributed by atoms with Crippen LogP contribution in [0.4, 0.5) is 0 Å². The number of aliphatic hydroxyl groups is 1. The Bertz CT molecular complexity index is 513.